The summed E-state index contributed by atoms with van der Waals surface area (Å²) in [7, 11) is 1.48. The molecule has 0 radical (unpaired) electrons. The van der Waals surface area contributed by atoms with Gasteiger partial charge in [-0.05, 0) is 43.7 Å². The van der Waals surface area contributed by atoms with Gasteiger partial charge < -0.3 is 14.8 Å². The lowest BCUT2D eigenvalue weighted by atomic mass is 10.2. The first-order chi connectivity index (χ1) is 14.0. The van der Waals surface area contributed by atoms with Gasteiger partial charge in [-0.15, -0.1) is 0 Å². The third kappa shape index (κ3) is 6.84. The molecule has 2 aromatic carbocycles. The first kappa shape index (κ1) is 21.7. The summed E-state index contributed by atoms with van der Waals surface area (Å²) in [4.78, 5) is 35.9. The van der Waals surface area contributed by atoms with E-state index in [1.807, 2.05) is 13.0 Å². The molecule has 0 aliphatic rings. The van der Waals surface area contributed by atoms with E-state index in [4.69, 9.17) is 9.47 Å². The van der Waals surface area contributed by atoms with Crippen LogP contribution < -0.4 is 25.6 Å². The SMILES string of the molecule is CCOc1ccc(C(=O)NNC(=O)CCCNC(=O)c2ccccc2)cc1OC. The highest BCUT2D eigenvalue weighted by Crippen LogP contribution is 2.27. The van der Waals surface area contributed by atoms with Crippen LogP contribution in [-0.4, -0.2) is 38.0 Å². The Morgan fingerprint density at radius 2 is 1.66 bits per heavy atom. The second-order valence-corrected chi connectivity index (χ2v) is 6.03. The zero-order chi connectivity index (χ0) is 21.1. The monoisotopic (exact) mass is 399 g/mol. The van der Waals surface area contributed by atoms with Gasteiger partial charge in [-0.2, -0.15) is 0 Å². The summed E-state index contributed by atoms with van der Waals surface area (Å²) >= 11 is 0. The third-order valence-corrected chi connectivity index (χ3v) is 3.94. The van der Waals surface area contributed by atoms with Crippen LogP contribution in [0.5, 0.6) is 11.5 Å². The number of ether oxygens (including phenoxy) is 2. The topological polar surface area (TPSA) is 106 Å². The third-order valence-electron chi connectivity index (χ3n) is 3.94. The summed E-state index contributed by atoms with van der Waals surface area (Å²) in [6.07, 6.45) is 0.596. The second kappa shape index (κ2) is 11.3. The first-order valence-electron chi connectivity index (χ1n) is 9.28. The number of rotatable bonds is 9. The van der Waals surface area contributed by atoms with Crippen LogP contribution in [0.4, 0.5) is 0 Å². The van der Waals surface area contributed by atoms with Crippen molar-refractivity contribution in [2.45, 2.75) is 19.8 Å². The lowest BCUT2D eigenvalue weighted by Crippen LogP contribution is -2.41. The number of hydrogen-bond acceptors (Lipinski definition) is 5. The van der Waals surface area contributed by atoms with Crippen molar-refractivity contribution < 1.29 is 23.9 Å². The van der Waals surface area contributed by atoms with Gasteiger partial charge in [0.25, 0.3) is 11.8 Å². The van der Waals surface area contributed by atoms with Crippen molar-refractivity contribution in [1.82, 2.24) is 16.2 Å². The van der Waals surface area contributed by atoms with Crippen molar-refractivity contribution in [2.75, 3.05) is 20.3 Å². The van der Waals surface area contributed by atoms with Crippen LogP contribution in [0.25, 0.3) is 0 Å². The molecule has 3 amide bonds. The molecule has 8 heteroatoms. The molecule has 0 saturated carbocycles. The Kier molecular flexibility index (Phi) is 8.50. The van der Waals surface area contributed by atoms with Crippen molar-refractivity contribution in [3.8, 4) is 11.5 Å². The predicted molar refractivity (Wildman–Crippen MR) is 108 cm³/mol. The van der Waals surface area contributed by atoms with E-state index in [1.165, 1.54) is 13.2 Å². The second-order valence-electron chi connectivity index (χ2n) is 6.03. The molecule has 0 saturated heterocycles. The molecule has 29 heavy (non-hydrogen) atoms. The molecule has 2 aromatic rings. The van der Waals surface area contributed by atoms with E-state index in [0.717, 1.165) is 0 Å². The van der Waals surface area contributed by atoms with Gasteiger partial charge in [-0.3, -0.25) is 25.2 Å². The normalized spacial score (nSPS) is 10.0. The van der Waals surface area contributed by atoms with Gasteiger partial charge in [0.15, 0.2) is 11.5 Å². The molecule has 8 nitrogen and oxygen atoms in total. The number of hydrogen-bond donors (Lipinski definition) is 3. The van der Waals surface area contributed by atoms with Gasteiger partial charge in [0, 0.05) is 24.1 Å². The highest BCUT2D eigenvalue weighted by Gasteiger charge is 2.12. The maximum Gasteiger partial charge on any atom is 0.269 e. The Bertz CT molecular complexity index is 839. The first-order valence-corrected chi connectivity index (χ1v) is 9.28. The van der Waals surface area contributed by atoms with E-state index in [1.54, 1.807) is 36.4 Å². The van der Waals surface area contributed by atoms with Crippen LogP contribution in [-0.2, 0) is 4.79 Å². The van der Waals surface area contributed by atoms with Crippen LogP contribution >= 0.6 is 0 Å². The Morgan fingerprint density at radius 1 is 0.897 bits per heavy atom. The zero-order valence-corrected chi connectivity index (χ0v) is 16.5. The number of amides is 3. The summed E-state index contributed by atoms with van der Waals surface area (Å²) in [6, 6.07) is 13.6. The van der Waals surface area contributed by atoms with Crippen molar-refractivity contribution in [3.05, 3.63) is 59.7 Å². The molecule has 0 aliphatic carbocycles. The molecule has 0 aliphatic heterocycles. The molecule has 0 heterocycles. The fourth-order valence-corrected chi connectivity index (χ4v) is 2.49. The summed E-state index contributed by atoms with van der Waals surface area (Å²) in [5.74, 6) is -0.0563. The number of benzene rings is 2. The quantitative estimate of drug-likeness (QED) is 0.442. The summed E-state index contributed by atoms with van der Waals surface area (Å²) in [6.45, 7) is 2.68. The molecule has 0 atom stereocenters. The minimum absolute atomic E-state index is 0.155. The fourth-order valence-electron chi connectivity index (χ4n) is 2.49. The largest absolute Gasteiger partial charge is 0.493 e. The van der Waals surface area contributed by atoms with Crippen LogP contribution in [0.3, 0.4) is 0 Å². The van der Waals surface area contributed by atoms with Gasteiger partial charge in [0.05, 0.1) is 13.7 Å². The van der Waals surface area contributed by atoms with Gasteiger partial charge in [-0.1, -0.05) is 18.2 Å². The van der Waals surface area contributed by atoms with Gasteiger partial charge in [-0.25, -0.2) is 0 Å². The van der Waals surface area contributed by atoms with Crippen LogP contribution in [0.15, 0.2) is 48.5 Å². The number of carbonyl (C=O) groups excluding carboxylic acids is 3. The van der Waals surface area contributed by atoms with Crippen molar-refractivity contribution >= 4 is 17.7 Å². The molecule has 2 rings (SSSR count). The maximum absolute atomic E-state index is 12.2. The average molecular weight is 399 g/mol. The van der Waals surface area contributed by atoms with E-state index in [2.05, 4.69) is 16.2 Å². The van der Waals surface area contributed by atoms with Crippen LogP contribution in [0, 0.1) is 0 Å². The molecular formula is C21H25N3O5. The number of nitrogens with one attached hydrogen (secondary N) is 3. The van der Waals surface area contributed by atoms with Gasteiger partial charge >= 0.3 is 0 Å². The average Bonchev–Trinajstić information content (AvgIpc) is 2.76. The zero-order valence-electron chi connectivity index (χ0n) is 16.5. The van der Waals surface area contributed by atoms with Gasteiger partial charge in [0.1, 0.15) is 0 Å². The Balaban J connectivity index is 1.72. The molecule has 0 fully saturated rings. The van der Waals surface area contributed by atoms with Crippen LogP contribution in [0.2, 0.25) is 0 Å². The molecule has 0 spiro atoms. The number of carbonyl (C=O) groups is 3. The summed E-state index contributed by atoms with van der Waals surface area (Å²) in [5.41, 5.74) is 5.59. The highest BCUT2D eigenvalue weighted by molar-refractivity contribution is 5.96. The molecule has 0 aromatic heterocycles. The lowest BCUT2D eigenvalue weighted by molar-refractivity contribution is -0.121. The minimum Gasteiger partial charge on any atom is -0.493 e. The fraction of sp³-hybridized carbons (Fsp3) is 0.286. The van der Waals surface area contributed by atoms with Gasteiger partial charge in [0.2, 0.25) is 5.91 Å². The maximum atomic E-state index is 12.2. The minimum atomic E-state index is -0.475. The highest BCUT2D eigenvalue weighted by atomic mass is 16.5. The molecular weight excluding hydrogens is 374 g/mol. The van der Waals surface area contributed by atoms with E-state index in [9.17, 15) is 14.4 Å². The Labute approximate surface area is 169 Å². The smallest absolute Gasteiger partial charge is 0.269 e. The Hall–Kier alpha value is -3.55. The predicted octanol–water partition coefficient (Wildman–Crippen LogP) is 2.07. The van der Waals surface area contributed by atoms with E-state index < -0.39 is 5.91 Å². The standard InChI is InChI=1S/C21H25N3O5/c1-3-29-17-12-11-16(14-18(17)28-2)21(27)24-23-19(25)10-7-13-22-20(26)15-8-5-4-6-9-15/h4-6,8-9,11-12,14H,3,7,10,13H2,1-2H3,(H,22,26)(H,23,25)(H,24,27). The van der Waals surface area contributed by atoms with Crippen molar-refractivity contribution in [1.29, 1.82) is 0 Å². The molecule has 0 unspecified atom stereocenters. The molecule has 3 N–H and O–H groups in total. The van der Waals surface area contributed by atoms with E-state index in [-0.39, 0.29) is 18.2 Å². The number of hydrazine groups is 1. The van der Waals surface area contributed by atoms with E-state index in [0.29, 0.717) is 42.2 Å². The van der Waals surface area contributed by atoms with E-state index >= 15 is 0 Å². The molecule has 154 valence electrons. The van der Waals surface area contributed by atoms with Crippen LogP contribution in [0.1, 0.15) is 40.5 Å². The van der Waals surface area contributed by atoms with Crippen molar-refractivity contribution in [2.24, 2.45) is 0 Å². The lowest BCUT2D eigenvalue weighted by Gasteiger charge is -2.11. The Morgan fingerprint density at radius 3 is 2.34 bits per heavy atom. The summed E-state index contributed by atoms with van der Waals surface area (Å²) in [5, 5.41) is 2.74. The summed E-state index contributed by atoms with van der Waals surface area (Å²) < 4.78 is 10.6. The molecule has 0 bridgehead atoms. The van der Waals surface area contributed by atoms with Crippen molar-refractivity contribution in [3.63, 3.8) is 0 Å². The number of methoxy groups -OCH3 is 1.